The molecule has 0 aliphatic heterocycles. The number of aryl methyl sites for hydroxylation is 1. The minimum Gasteiger partial charge on any atom is -0.353 e. The third kappa shape index (κ3) is 2.37. The fourth-order valence-electron chi connectivity index (χ4n) is 1.98. The largest absolute Gasteiger partial charge is 0.353 e. The molecule has 0 bridgehead atoms. The van der Waals surface area contributed by atoms with Crippen LogP contribution >= 0.6 is 11.6 Å². The molecule has 0 fully saturated rings. The highest BCUT2D eigenvalue weighted by Gasteiger charge is 2.07. The van der Waals surface area contributed by atoms with Gasteiger partial charge >= 0.3 is 0 Å². The molecule has 0 atom stereocenters. The average molecular weight is 270 g/mol. The van der Waals surface area contributed by atoms with Gasteiger partial charge in [-0.25, -0.2) is 0 Å². The van der Waals surface area contributed by atoms with Gasteiger partial charge in [-0.05, 0) is 37.3 Å². The Balaban J connectivity index is 2.09. The molecule has 1 aromatic heterocycles. The van der Waals surface area contributed by atoms with Gasteiger partial charge in [-0.1, -0.05) is 29.8 Å². The minimum atomic E-state index is 0.722. The molecule has 94 valence electrons. The van der Waals surface area contributed by atoms with Crippen LogP contribution in [0.1, 0.15) is 5.69 Å². The van der Waals surface area contributed by atoms with E-state index in [2.05, 4.69) is 15.5 Å². The van der Waals surface area contributed by atoms with Crippen LogP contribution < -0.4 is 5.32 Å². The van der Waals surface area contributed by atoms with Crippen LogP contribution in [0.15, 0.2) is 48.5 Å². The predicted molar refractivity (Wildman–Crippen MR) is 79.0 cm³/mol. The third-order valence-electron chi connectivity index (χ3n) is 2.96. The fourth-order valence-corrected chi connectivity index (χ4v) is 2.11. The zero-order valence-corrected chi connectivity index (χ0v) is 11.1. The smallest absolute Gasteiger partial charge is 0.0950 e. The summed E-state index contributed by atoms with van der Waals surface area (Å²) in [5.41, 5.74) is 3.71. The molecule has 0 aliphatic rings. The molecule has 0 aliphatic carbocycles. The lowest BCUT2D eigenvalue weighted by atomic mass is 10.1. The van der Waals surface area contributed by atoms with E-state index in [-0.39, 0.29) is 0 Å². The van der Waals surface area contributed by atoms with Crippen molar-refractivity contribution in [3.05, 3.63) is 59.2 Å². The lowest BCUT2D eigenvalue weighted by Crippen LogP contribution is -1.98. The normalized spacial score (nSPS) is 10.6. The predicted octanol–water partition coefficient (Wildman–Crippen LogP) is 4.34. The Kier molecular flexibility index (Phi) is 3.05. The number of fused-ring (bicyclic) bond motifs is 1. The Bertz CT molecular complexity index is 723. The van der Waals surface area contributed by atoms with E-state index in [0.717, 1.165) is 33.0 Å². The number of hydrogen-bond donors (Lipinski definition) is 1. The van der Waals surface area contributed by atoms with Gasteiger partial charge in [0.15, 0.2) is 0 Å². The number of aromatic nitrogens is 2. The van der Waals surface area contributed by atoms with Gasteiger partial charge in [0, 0.05) is 16.1 Å². The Hall–Kier alpha value is -2.13. The van der Waals surface area contributed by atoms with Gasteiger partial charge in [-0.2, -0.15) is 10.2 Å². The SMILES string of the molecule is Cc1nnc2ccccc2c1Nc1ccc(Cl)cc1. The molecule has 3 aromatic rings. The summed E-state index contributed by atoms with van der Waals surface area (Å²) >= 11 is 5.89. The summed E-state index contributed by atoms with van der Waals surface area (Å²) in [6.07, 6.45) is 0. The van der Waals surface area contributed by atoms with Crippen LogP contribution in [0.2, 0.25) is 5.02 Å². The molecule has 1 N–H and O–H groups in total. The summed E-state index contributed by atoms with van der Waals surface area (Å²) < 4.78 is 0. The van der Waals surface area contributed by atoms with Gasteiger partial charge in [0.1, 0.15) is 0 Å². The van der Waals surface area contributed by atoms with E-state index in [1.165, 1.54) is 0 Å². The van der Waals surface area contributed by atoms with E-state index in [0.29, 0.717) is 0 Å². The minimum absolute atomic E-state index is 0.722. The highest BCUT2D eigenvalue weighted by Crippen LogP contribution is 2.27. The van der Waals surface area contributed by atoms with Crippen molar-refractivity contribution < 1.29 is 0 Å². The monoisotopic (exact) mass is 269 g/mol. The summed E-state index contributed by atoms with van der Waals surface area (Å²) in [6.45, 7) is 1.94. The molecule has 3 rings (SSSR count). The lowest BCUT2D eigenvalue weighted by molar-refractivity contribution is 1.02. The first-order valence-corrected chi connectivity index (χ1v) is 6.36. The number of hydrogen-bond acceptors (Lipinski definition) is 3. The molecule has 0 amide bonds. The van der Waals surface area contributed by atoms with E-state index < -0.39 is 0 Å². The van der Waals surface area contributed by atoms with E-state index >= 15 is 0 Å². The molecule has 2 aromatic carbocycles. The average Bonchev–Trinajstić information content (AvgIpc) is 2.44. The second-order valence-electron chi connectivity index (χ2n) is 4.31. The van der Waals surface area contributed by atoms with Gasteiger partial charge in [0.05, 0.1) is 16.9 Å². The van der Waals surface area contributed by atoms with Crippen molar-refractivity contribution in [2.45, 2.75) is 6.92 Å². The molecule has 0 radical (unpaired) electrons. The van der Waals surface area contributed by atoms with Crippen LogP contribution in [0.25, 0.3) is 10.9 Å². The highest BCUT2D eigenvalue weighted by atomic mass is 35.5. The fraction of sp³-hybridized carbons (Fsp3) is 0.0667. The number of nitrogens with zero attached hydrogens (tertiary/aromatic N) is 2. The van der Waals surface area contributed by atoms with Crippen molar-refractivity contribution in [1.82, 2.24) is 10.2 Å². The van der Waals surface area contributed by atoms with Crippen molar-refractivity contribution in [2.24, 2.45) is 0 Å². The van der Waals surface area contributed by atoms with E-state index in [4.69, 9.17) is 11.6 Å². The Morgan fingerprint density at radius 2 is 1.68 bits per heavy atom. The molecular weight excluding hydrogens is 258 g/mol. The van der Waals surface area contributed by atoms with Crippen LogP contribution in [0.5, 0.6) is 0 Å². The number of halogens is 1. The lowest BCUT2D eigenvalue weighted by Gasteiger charge is -2.11. The maximum atomic E-state index is 5.89. The summed E-state index contributed by atoms with van der Waals surface area (Å²) in [5.74, 6) is 0. The van der Waals surface area contributed by atoms with Crippen molar-refractivity contribution in [2.75, 3.05) is 5.32 Å². The van der Waals surface area contributed by atoms with Gasteiger partial charge in [-0.15, -0.1) is 0 Å². The first kappa shape index (κ1) is 11.9. The van der Waals surface area contributed by atoms with Crippen LogP contribution in [-0.4, -0.2) is 10.2 Å². The standard InChI is InChI=1S/C15H12ClN3/c1-10-15(17-12-8-6-11(16)7-9-12)13-4-2-3-5-14(13)19-18-10/h2-9H,1H3,(H,17,19). The molecule has 0 saturated carbocycles. The maximum absolute atomic E-state index is 5.89. The van der Waals surface area contributed by atoms with Crippen molar-refractivity contribution in [3.63, 3.8) is 0 Å². The zero-order chi connectivity index (χ0) is 13.2. The second-order valence-corrected chi connectivity index (χ2v) is 4.75. The summed E-state index contributed by atoms with van der Waals surface area (Å²) in [4.78, 5) is 0. The molecule has 1 heterocycles. The topological polar surface area (TPSA) is 37.8 Å². The zero-order valence-electron chi connectivity index (χ0n) is 10.4. The molecule has 0 unspecified atom stereocenters. The number of nitrogens with one attached hydrogen (secondary N) is 1. The van der Waals surface area contributed by atoms with Crippen LogP contribution in [-0.2, 0) is 0 Å². The van der Waals surface area contributed by atoms with Crippen LogP contribution in [0, 0.1) is 6.92 Å². The molecule has 3 nitrogen and oxygen atoms in total. The van der Waals surface area contributed by atoms with Crippen LogP contribution in [0.4, 0.5) is 11.4 Å². The Labute approximate surface area is 116 Å². The molecule has 19 heavy (non-hydrogen) atoms. The van der Waals surface area contributed by atoms with Crippen molar-refractivity contribution >= 4 is 33.9 Å². The molecular formula is C15H12ClN3. The summed E-state index contributed by atoms with van der Waals surface area (Å²) in [6, 6.07) is 15.5. The number of rotatable bonds is 2. The van der Waals surface area contributed by atoms with Crippen LogP contribution in [0.3, 0.4) is 0 Å². The second kappa shape index (κ2) is 4.86. The molecule has 0 saturated heterocycles. The number of benzene rings is 2. The summed E-state index contributed by atoms with van der Waals surface area (Å²) in [7, 11) is 0. The Morgan fingerprint density at radius 1 is 0.947 bits per heavy atom. The molecule has 0 spiro atoms. The van der Waals surface area contributed by atoms with Gasteiger partial charge in [0.25, 0.3) is 0 Å². The van der Waals surface area contributed by atoms with Gasteiger partial charge in [0.2, 0.25) is 0 Å². The summed E-state index contributed by atoms with van der Waals surface area (Å²) in [5, 5.41) is 13.5. The van der Waals surface area contributed by atoms with Crippen molar-refractivity contribution in [3.8, 4) is 0 Å². The molecule has 4 heteroatoms. The number of anilines is 2. The highest BCUT2D eigenvalue weighted by molar-refractivity contribution is 6.30. The van der Waals surface area contributed by atoms with Gasteiger partial charge in [-0.3, -0.25) is 0 Å². The first-order chi connectivity index (χ1) is 9.24. The quantitative estimate of drug-likeness (QED) is 0.752. The van der Waals surface area contributed by atoms with E-state index in [1.807, 2.05) is 55.5 Å². The van der Waals surface area contributed by atoms with E-state index in [1.54, 1.807) is 0 Å². The maximum Gasteiger partial charge on any atom is 0.0950 e. The Morgan fingerprint density at radius 3 is 2.47 bits per heavy atom. The first-order valence-electron chi connectivity index (χ1n) is 5.98. The third-order valence-corrected chi connectivity index (χ3v) is 3.21. The van der Waals surface area contributed by atoms with Crippen molar-refractivity contribution in [1.29, 1.82) is 0 Å². The van der Waals surface area contributed by atoms with E-state index in [9.17, 15) is 0 Å². The van der Waals surface area contributed by atoms with Gasteiger partial charge < -0.3 is 5.32 Å².